The van der Waals surface area contributed by atoms with Crippen LogP contribution in [0, 0.1) is 6.92 Å². The molecule has 272 valence electrons. The molecular weight excluding hydrogens is 713 g/mol. The minimum absolute atomic E-state index is 0.0201. The van der Waals surface area contributed by atoms with Crippen LogP contribution in [0.15, 0.2) is 107 Å². The van der Waals surface area contributed by atoms with Crippen LogP contribution in [0.25, 0.3) is 11.1 Å². The second kappa shape index (κ2) is 16.8. The fourth-order valence-corrected chi connectivity index (χ4v) is 8.12. The lowest BCUT2D eigenvalue weighted by atomic mass is 9.99. The van der Waals surface area contributed by atoms with Crippen molar-refractivity contribution in [3.63, 3.8) is 0 Å². The number of likely N-dealkylation sites (tertiary alicyclic amines) is 1. The number of nitrogens with one attached hydrogen (secondary N) is 1. The van der Waals surface area contributed by atoms with Crippen molar-refractivity contribution in [2.75, 3.05) is 5.75 Å². The van der Waals surface area contributed by atoms with E-state index < -0.39 is 24.3 Å². The summed E-state index contributed by atoms with van der Waals surface area (Å²) in [6.45, 7) is 2.06. The maximum absolute atomic E-state index is 13.1. The molecule has 4 atom stereocenters. The number of alkyl carbamates (subject to hydrolysis) is 1. The number of aromatic nitrogens is 2. The third kappa shape index (κ3) is 9.18. The number of aryl methyl sites for hydroxylation is 1. The summed E-state index contributed by atoms with van der Waals surface area (Å²) in [6.07, 6.45) is -1.11. The number of benzene rings is 4. The SMILES string of the molecule is Cc1nnc(SC[C@@H]2C[C@H](c3ccc(CO)cc3)O[C@H](c3ccc(-c4cccc(CN5C(=O)CC(NC(=O)OCc6ccccc6)C5=O)c4)cc3)O2)s1. The highest BCUT2D eigenvalue weighted by molar-refractivity contribution is 8.01. The highest BCUT2D eigenvalue weighted by atomic mass is 32.2. The van der Waals surface area contributed by atoms with Crippen molar-refractivity contribution in [3.8, 4) is 11.1 Å². The number of rotatable bonds is 12. The van der Waals surface area contributed by atoms with Gasteiger partial charge >= 0.3 is 6.09 Å². The van der Waals surface area contributed by atoms with Gasteiger partial charge in [0.15, 0.2) is 10.6 Å². The molecular formula is C40H38N4O7S2. The minimum atomic E-state index is -0.975. The second-order valence-corrected chi connectivity index (χ2v) is 15.3. The van der Waals surface area contributed by atoms with E-state index in [1.165, 1.54) is 4.90 Å². The standard InChI is InChI=1S/C40H38N4O7S2/c1-25-42-43-40(53-25)52-24-33-19-35(30-12-10-26(22-45)11-13-30)51-38(50-33)31-16-14-29(15-17-31)32-9-5-8-28(18-32)21-44-36(46)20-34(37(44)47)41-39(48)49-23-27-6-3-2-4-7-27/h2-18,33-35,38,45H,19-24H2,1H3,(H,41,48)/t33-,34?,35+,38+/m0/s1. The summed E-state index contributed by atoms with van der Waals surface area (Å²) in [5.74, 6) is -0.128. The number of hydrogen-bond donors (Lipinski definition) is 2. The van der Waals surface area contributed by atoms with Crippen molar-refractivity contribution in [1.29, 1.82) is 0 Å². The van der Waals surface area contributed by atoms with Gasteiger partial charge in [0.05, 0.1) is 31.8 Å². The van der Waals surface area contributed by atoms with Gasteiger partial charge in [-0.3, -0.25) is 14.5 Å². The Morgan fingerprint density at radius 3 is 2.40 bits per heavy atom. The van der Waals surface area contributed by atoms with E-state index in [1.54, 1.807) is 23.1 Å². The van der Waals surface area contributed by atoms with Crippen molar-refractivity contribution in [2.24, 2.45) is 0 Å². The van der Waals surface area contributed by atoms with E-state index in [-0.39, 0.29) is 44.3 Å². The molecule has 0 spiro atoms. The van der Waals surface area contributed by atoms with Crippen molar-refractivity contribution in [1.82, 2.24) is 20.4 Å². The molecule has 0 saturated carbocycles. The number of thioether (sulfide) groups is 1. The number of carbonyl (C=O) groups is 3. The highest BCUT2D eigenvalue weighted by Gasteiger charge is 2.40. The lowest BCUT2D eigenvalue weighted by Gasteiger charge is -2.36. The van der Waals surface area contributed by atoms with Crippen molar-refractivity contribution >= 4 is 41.0 Å². The van der Waals surface area contributed by atoms with Gasteiger partial charge in [-0.2, -0.15) is 0 Å². The van der Waals surface area contributed by atoms with Gasteiger partial charge in [-0.1, -0.05) is 120 Å². The number of amides is 3. The fraction of sp³-hybridized carbons (Fsp3) is 0.275. The Morgan fingerprint density at radius 2 is 1.66 bits per heavy atom. The first-order valence-corrected chi connectivity index (χ1v) is 19.1. The highest BCUT2D eigenvalue weighted by Crippen LogP contribution is 2.40. The van der Waals surface area contributed by atoms with Crippen LogP contribution < -0.4 is 5.32 Å². The number of nitrogens with zero attached hydrogens (tertiary/aromatic N) is 3. The molecule has 2 aliphatic heterocycles. The van der Waals surface area contributed by atoms with Crippen molar-refractivity contribution < 1.29 is 33.7 Å². The predicted molar refractivity (Wildman–Crippen MR) is 199 cm³/mol. The first-order valence-electron chi connectivity index (χ1n) is 17.3. The molecule has 0 bridgehead atoms. The fourth-order valence-electron chi connectivity index (χ4n) is 6.26. The van der Waals surface area contributed by atoms with Crippen LogP contribution in [-0.4, -0.2) is 56.0 Å². The van der Waals surface area contributed by atoms with E-state index in [9.17, 15) is 19.5 Å². The molecule has 2 N–H and O–H groups in total. The summed E-state index contributed by atoms with van der Waals surface area (Å²) in [4.78, 5) is 39.6. The molecule has 5 aromatic rings. The van der Waals surface area contributed by atoms with Crippen LogP contribution >= 0.6 is 23.1 Å². The molecule has 7 rings (SSSR count). The zero-order valence-electron chi connectivity index (χ0n) is 28.9. The van der Waals surface area contributed by atoms with Crippen LogP contribution in [0.3, 0.4) is 0 Å². The van der Waals surface area contributed by atoms with Gasteiger partial charge in [0.25, 0.3) is 5.91 Å². The number of imide groups is 1. The van der Waals surface area contributed by atoms with E-state index in [2.05, 4.69) is 15.5 Å². The van der Waals surface area contributed by atoms with E-state index >= 15 is 0 Å². The first-order chi connectivity index (χ1) is 25.8. The second-order valence-electron chi connectivity index (χ2n) is 12.9. The molecule has 0 aliphatic carbocycles. The quantitative estimate of drug-likeness (QED) is 0.102. The molecule has 11 nitrogen and oxygen atoms in total. The van der Waals surface area contributed by atoms with E-state index in [0.29, 0.717) is 12.2 Å². The lowest BCUT2D eigenvalue weighted by molar-refractivity contribution is -0.245. The van der Waals surface area contributed by atoms with E-state index in [0.717, 1.165) is 48.3 Å². The summed E-state index contributed by atoms with van der Waals surface area (Å²) < 4.78 is 19.2. The van der Waals surface area contributed by atoms with Crippen LogP contribution in [-0.2, 0) is 43.6 Å². The number of ether oxygens (including phenoxy) is 3. The van der Waals surface area contributed by atoms with Gasteiger partial charge in [-0.05, 0) is 46.4 Å². The van der Waals surface area contributed by atoms with Crippen molar-refractivity contribution in [3.05, 3.63) is 136 Å². The number of hydrogen-bond acceptors (Lipinski definition) is 11. The molecule has 0 radical (unpaired) electrons. The normalized spacial score (nSPS) is 20.1. The Kier molecular flexibility index (Phi) is 11.6. The zero-order valence-corrected chi connectivity index (χ0v) is 30.6. The van der Waals surface area contributed by atoms with Crippen LogP contribution in [0.5, 0.6) is 0 Å². The maximum atomic E-state index is 13.1. The Balaban J connectivity index is 0.997. The smallest absolute Gasteiger partial charge is 0.408 e. The summed E-state index contributed by atoms with van der Waals surface area (Å²) in [7, 11) is 0. The number of aliphatic hydroxyl groups excluding tert-OH is 1. The average Bonchev–Trinajstić information content (AvgIpc) is 3.73. The molecule has 1 unspecified atom stereocenters. The molecule has 13 heteroatoms. The van der Waals surface area contributed by atoms with E-state index in [1.807, 2.05) is 110 Å². The van der Waals surface area contributed by atoms with E-state index in [4.69, 9.17) is 14.2 Å². The minimum Gasteiger partial charge on any atom is -0.445 e. The first kappa shape index (κ1) is 36.4. The molecule has 2 saturated heterocycles. The Labute approximate surface area is 315 Å². The molecule has 53 heavy (non-hydrogen) atoms. The Hall–Kier alpha value is -4.92. The lowest BCUT2D eigenvalue weighted by Crippen LogP contribution is -2.41. The monoisotopic (exact) mass is 750 g/mol. The molecule has 1 aromatic heterocycles. The predicted octanol–water partition coefficient (Wildman–Crippen LogP) is 6.90. The van der Waals surface area contributed by atoms with Crippen molar-refractivity contribution in [2.45, 2.75) is 68.4 Å². The van der Waals surface area contributed by atoms with Gasteiger partial charge in [0.1, 0.15) is 17.7 Å². The summed E-state index contributed by atoms with van der Waals surface area (Å²) >= 11 is 3.19. The zero-order chi connectivity index (χ0) is 36.7. The largest absolute Gasteiger partial charge is 0.445 e. The van der Waals surface area contributed by atoms with Crippen LogP contribution in [0.4, 0.5) is 4.79 Å². The molecule has 4 aromatic carbocycles. The van der Waals surface area contributed by atoms with Crippen LogP contribution in [0.2, 0.25) is 0 Å². The average molecular weight is 751 g/mol. The summed E-state index contributed by atoms with van der Waals surface area (Å²) in [6, 6.07) is 31.7. The third-order valence-electron chi connectivity index (χ3n) is 9.05. The summed E-state index contributed by atoms with van der Waals surface area (Å²) in [5, 5.41) is 21.4. The Morgan fingerprint density at radius 1 is 0.906 bits per heavy atom. The van der Waals surface area contributed by atoms with Gasteiger partial charge in [-0.25, -0.2) is 4.79 Å². The summed E-state index contributed by atoms with van der Waals surface area (Å²) in [5.41, 5.74) is 6.19. The topological polar surface area (TPSA) is 140 Å². The van der Waals surface area contributed by atoms with Gasteiger partial charge < -0.3 is 24.6 Å². The molecule has 3 amide bonds. The molecule has 2 fully saturated rings. The van der Waals surface area contributed by atoms with Gasteiger partial charge in [0, 0.05) is 17.7 Å². The number of aliphatic hydroxyl groups is 1. The van der Waals surface area contributed by atoms with Gasteiger partial charge in [0.2, 0.25) is 5.91 Å². The van der Waals surface area contributed by atoms with Crippen LogP contribution in [0.1, 0.15) is 58.1 Å². The number of carbonyl (C=O) groups excluding carboxylic acids is 3. The third-order valence-corrected chi connectivity index (χ3v) is 11.2. The Bertz CT molecular complexity index is 2040. The maximum Gasteiger partial charge on any atom is 0.408 e. The molecule has 3 heterocycles. The molecule has 2 aliphatic rings. The van der Waals surface area contributed by atoms with Gasteiger partial charge in [-0.15, -0.1) is 10.2 Å².